The summed E-state index contributed by atoms with van der Waals surface area (Å²) in [7, 11) is 0. The molecular weight excluding hydrogens is 258 g/mol. The van der Waals surface area contributed by atoms with Gasteiger partial charge in [-0.1, -0.05) is 19.3 Å². The molecule has 2 heterocycles. The number of nitrogens with one attached hydrogen (secondary N) is 1. The van der Waals surface area contributed by atoms with E-state index in [1.54, 1.807) is 5.69 Å². The first-order valence-corrected chi connectivity index (χ1v) is 9.20. The van der Waals surface area contributed by atoms with Crippen molar-refractivity contribution in [2.24, 2.45) is 11.8 Å². The molecular formula is C18H27N3. The Morgan fingerprint density at radius 2 is 1.95 bits per heavy atom. The maximum Gasteiger partial charge on any atom is 0.112 e. The number of hydrogen-bond acceptors (Lipinski definition) is 2. The third-order valence-corrected chi connectivity index (χ3v) is 6.70. The minimum absolute atomic E-state index is 0.759. The van der Waals surface area contributed by atoms with Gasteiger partial charge in [-0.25, -0.2) is 4.98 Å². The maximum absolute atomic E-state index is 5.16. The molecule has 3 unspecified atom stereocenters. The van der Waals surface area contributed by atoms with E-state index in [-0.39, 0.29) is 0 Å². The lowest BCUT2D eigenvalue weighted by molar-refractivity contribution is 0.310. The summed E-state index contributed by atoms with van der Waals surface area (Å²) in [6.45, 7) is 2.15. The normalized spacial score (nSPS) is 35.5. The zero-order valence-corrected chi connectivity index (χ0v) is 13.0. The van der Waals surface area contributed by atoms with E-state index in [9.17, 15) is 0 Å². The largest absolute Gasteiger partial charge is 0.328 e. The average molecular weight is 285 g/mol. The first kappa shape index (κ1) is 12.7. The lowest BCUT2D eigenvalue weighted by Crippen LogP contribution is -2.27. The van der Waals surface area contributed by atoms with Crippen molar-refractivity contribution in [3.05, 3.63) is 17.2 Å². The second kappa shape index (κ2) is 4.84. The number of rotatable bonds is 2. The monoisotopic (exact) mass is 285 g/mol. The van der Waals surface area contributed by atoms with E-state index in [4.69, 9.17) is 4.98 Å². The van der Waals surface area contributed by atoms with Crippen LogP contribution in [-0.4, -0.2) is 16.1 Å². The fraction of sp³-hybridized carbons (Fsp3) is 0.833. The number of fused-ring (bicyclic) bond motifs is 3. The van der Waals surface area contributed by atoms with Crippen molar-refractivity contribution < 1.29 is 0 Å². The Morgan fingerprint density at radius 3 is 2.71 bits per heavy atom. The molecule has 3 aliphatic carbocycles. The molecule has 0 amide bonds. The molecule has 3 heteroatoms. The second-order valence-corrected chi connectivity index (χ2v) is 7.88. The highest BCUT2D eigenvalue weighted by Gasteiger charge is 2.43. The van der Waals surface area contributed by atoms with Crippen molar-refractivity contribution in [1.29, 1.82) is 0 Å². The molecule has 4 aliphatic rings. The van der Waals surface area contributed by atoms with Crippen LogP contribution in [0.5, 0.6) is 0 Å². The Bertz CT molecular complexity index is 541. The lowest BCUT2D eigenvalue weighted by Gasteiger charge is -2.29. The van der Waals surface area contributed by atoms with Gasteiger partial charge >= 0.3 is 0 Å². The van der Waals surface area contributed by atoms with Gasteiger partial charge in [-0.05, 0) is 43.9 Å². The van der Waals surface area contributed by atoms with E-state index in [2.05, 4.69) is 9.88 Å². The summed E-state index contributed by atoms with van der Waals surface area (Å²) in [5.41, 5.74) is 2.99. The van der Waals surface area contributed by atoms with Gasteiger partial charge < -0.3 is 9.88 Å². The fourth-order valence-corrected chi connectivity index (χ4v) is 5.72. The standard InChI is InChI=1S/C18H27N3/c1-2-4-13(3-1)18-20-15-11-19-8-7-16(15)21(18)17-10-12-5-6-14(17)9-12/h12-14,17,19H,1-11H2. The quantitative estimate of drug-likeness (QED) is 0.900. The Hall–Kier alpha value is -0.830. The molecule has 3 atom stereocenters. The molecule has 114 valence electrons. The van der Waals surface area contributed by atoms with E-state index in [0.717, 1.165) is 36.9 Å². The van der Waals surface area contributed by atoms with Gasteiger partial charge in [0, 0.05) is 37.2 Å². The average Bonchev–Trinajstić information content (AvgIpc) is 3.28. The van der Waals surface area contributed by atoms with Crippen molar-refractivity contribution in [3.63, 3.8) is 0 Å². The fourth-order valence-electron chi connectivity index (χ4n) is 5.72. The zero-order chi connectivity index (χ0) is 13.8. The molecule has 5 rings (SSSR count). The molecule has 3 saturated carbocycles. The van der Waals surface area contributed by atoms with E-state index in [1.807, 2.05) is 0 Å². The van der Waals surface area contributed by atoms with Gasteiger partial charge in [0.25, 0.3) is 0 Å². The predicted octanol–water partition coefficient (Wildman–Crippen LogP) is 3.55. The van der Waals surface area contributed by atoms with Crippen LogP contribution in [0, 0.1) is 11.8 Å². The van der Waals surface area contributed by atoms with Crippen LogP contribution in [0.2, 0.25) is 0 Å². The van der Waals surface area contributed by atoms with Crippen LogP contribution < -0.4 is 5.32 Å². The number of imidazole rings is 1. The highest BCUT2D eigenvalue weighted by Crippen LogP contribution is 2.52. The molecule has 21 heavy (non-hydrogen) atoms. The molecule has 0 saturated heterocycles. The third-order valence-electron chi connectivity index (χ3n) is 6.70. The van der Waals surface area contributed by atoms with Gasteiger partial charge in [-0.15, -0.1) is 0 Å². The van der Waals surface area contributed by atoms with Gasteiger partial charge in [-0.2, -0.15) is 0 Å². The summed E-state index contributed by atoms with van der Waals surface area (Å²) in [6, 6.07) is 0.800. The third kappa shape index (κ3) is 1.93. The predicted molar refractivity (Wildman–Crippen MR) is 83.3 cm³/mol. The van der Waals surface area contributed by atoms with Crippen molar-refractivity contribution >= 4 is 0 Å². The highest BCUT2D eigenvalue weighted by molar-refractivity contribution is 5.24. The van der Waals surface area contributed by atoms with Crippen molar-refractivity contribution in [3.8, 4) is 0 Å². The van der Waals surface area contributed by atoms with Crippen LogP contribution in [-0.2, 0) is 13.0 Å². The van der Waals surface area contributed by atoms with Crippen LogP contribution in [0.3, 0.4) is 0 Å². The Labute approximate surface area is 127 Å². The minimum atomic E-state index is 0.759. The first-order chi connectivity index (χ1) is 10.4. The lowest BCUT2D eigenvalue weighted by atomic mass is 9.93. The van der Waals surface area contributed by atoms with E-state index < -0.39 is 0 Å². The number of hydrogen-bond donors (Lipinski definition) is 1. The Morgan fingerprint density at radius 1 is 1.05 bits per heavy atom. The molecule has 2 bridgehead atoms. The highest BCUT2D eigenvalue weighted by atomic mass is 15.2. The molecule has 3 nitrogen and oxygen atoms in total. The van der Waals surface area contributed by atoms with Gasteiger partial charge in [0.1, 0.15) is 5.82 Å². The smallest absolute Gasteiger partial charge is 0.112 e. The summed E-state index contributed by atoms with van der Waals surface area (Å²) in [4.78, 5) is 5.16. The van der Waals surface area contributed by atoms with Gasteiger partial charge in [0.2, 0.25) is 0 Å². The minimum Gasteiger partial charge on any atom is -0.328 e. The number of aromatic nitrogens is 2. The summed E-state index contributed by atoms with van der Waals surface area (Å²) in [6.07, 6.45) is 12.7. The van der Waals surface area contributed by atoms with Crippen molar-refractivity contribution in [2.75, 3.05) is 6.54 Å². The maximum atomic E-state index is 5.16. The zero-order valence-electron chi connectivity index (χ0n) is 13.0. The topological polar surface area (TPSA) is 29.9 Å². The van der Waals surface area contributed by atoms with E-state index in [1.165, 1.54) is 69.3 Å². The molecule has 3 fully saturated rings. The van der Waals surface area contributed by atoms with Crippen LogP contribution in [0.1, 0.15) is 80.5 Å². The van der Waals surface area contributed by atoms with Gasteiger partial charge in [-0.3, -0.25) is 0 Å². The SMILES string of the molecule is C1CCC(c2nc3c(n2C2CC4CCC2C4)CCNC3)C1. The van der Waals surface area contributed by atoms with Gasteiger partial charge in [0.05, 0.1) is 5.69 Å². The molecule has 0 spiro atoms. The van der Waals surface area contributed by atoms with Crippen LogP contribution in [0.15, 0.2) is 0 Å². The summed E-state index contributed by atoms with van der Waals surface area (Å²) in [5, 5.41) is 3.52. The first-order valence-electron chi connectivity index (χ1n) is 9.20. The molecule has 0 aromatic carbocycles. The molecule has 1 aromatic heterocycles. The van der Waals surface area contributed by atoms with Crippen LogP contribution >= 0.6 is 0 Å². The van der Waals surface area contributed by atoms with E-state index in [0.29, 0.717) is 0 Å². The molecule has 0 radical (unpaired) electrons. The summed E-state index contributed by atoms with van der Waals surface area (Å²) in [5.74, 6) is 4.23. The van der Waals surface area contributed by atoms with Gasteiger partial charge in [0.15, 0.2) is 0 Å². The van der Waals surface area contributed by atoms with Crippen LogP contribution in [0.4, 0.5) is 0 Å². The van der Waals surface area contributed by atoms with Crippen LogP contribution in [0.25, 0.3) is 0 Å². The Balaban J connectivity index is 1.59. The molecule has 1 N–H and O–H groups in total. The molecule has 1 aliphatic heterocycles. The second-order valence-electron chi connectivity index (χ2n) is 7.88. The van der Waals surface area contributed by atoms with Crippen molar-refractivity contribution in [2.45, 2.75) is 76.3 Å². The summed E-state index contributed by atoms with van der Waals surface area (Å²) < 4.78 is 2.79. The summed E-state index contributed by atoms with van der Waals surface area (Å²) >= 11 is 0. The Kier molecular flexibility index (Phi) is 2.92. The number of nitrogens with zero attached hydrogens (tertiary/aromatic N) is 2. The van der Waals surface area contributed by atoms with E-state index >= 15 is 0 Å². The van der Waals surface area contributed by atoms with Crippen molar-refractivity contribution in [1.82, 2.24) is 14.9 Å². The molecule has 1 aromatic rings.